The zero-order valence-corrected chi connectivity index (χ0v) is 19.4. The lowest BCUT2D eigenvalue weighted by Crippen LogP contribution is -2.55. The van der Waals surface area contributed by atoms with Crippen LogP contribution < -0.4 is 5.32 Å². The van der Waals surface area contributed by atoms with Gasteiger partial charge in [-0.1, -0.05) is 30.0 Å². The number of rotatable bonds is 7. The molecule has 5 rings (SSSR count). The number of amides is 2. The molecule has 1 aliphatic heterocycles. The second kappa shape index (κ2) is 9.52. The zero-order valence-electron chi connectivity index (χ0n) is 18.6. The van der Waals surface area contributed by atoms with Gasteiger partial charge in [-0.2, -0.15) is 0 Å². The fraction of sp³-hybridized carbons (Fsp3) is 0.417. The maximum absolute atomic E-state index is 13.5. The van der Waals surface area contributed by atoms with Gasteiger partial charge >= 0.3 is 0 Å². The van der Waals surface area contributed by atoms with Gasteiger partial charge in [0.2, 0.25) is 5.91 Å². The second-order valence-electron chi connectivity index (χ2n) is 8.51. The van der Waals surface area contributed by atoms with Crippen molar-refractivity contribution in [3.63, 3.8) is 0 Å². The Morgan fingerprint density at radius 1 is 1.12 bits per heavy atom. The van der Waals surface area contributed by atoms with Gasteiger partial charge < -0.3 is 14.6 Å². The van der Waals surface area contributed by atoms with Gasteiger partial charge in [-0.3, -0.25) is 14.5 Å². The summed E-state index contributed by atoms with van der Waals surface area (Å²) < 4.78 is 6.04. The predicted octanol–water partition coefficient (Wildman–Crippen LogP) is 2.94. The Bertz CT molecular complexity index is 1140. The van der Waals surface area contributed by atoms with Crippen LogP contribution in [0.3, 0.4) is 0 Å². The molecule has 0 bridgehead atoms. The third-order valence-corrected chi connectivity index (χ3v) is 7.13. The SMILES string of the molecule is CC(C(=O)NC1CC1)N1CCN(C(=O)c2oc3ccccc3c2CSc2ncccn2)CC1. The minimum atomic E-state index is -0.188. The largest absolute Gasteiger partial charge is 0.451 e. The first-order valence-corrected chi connectivity index (χ1v) is 12.3. The van der Waals surface area contributed by atoms with Gasteiger partial charge in [-0.25, -0.2) is 9.97 Å². The highest BCUT2D eigenvalue weighted by molar-refractivity contribution is 7.98. The lowest BCUT2D eigenvalue weighted by Gasteiger charge is -2.37. The molecule has 2 aliphatic rings. The molecule has 172 valence electrons. The van der Waals surface area contributed by atoms with Crippen molar-refractivity contribution in [3.8, 4) is 0 Å². The molecule has 2 amide bonds. The summed E-state index contributed by atoms with van der Waals surface area (Å²) in [6, 6.07) is 9.67. The first kappa shape index (κ1) is 21.9. The van der Waals surface area contributed by atoms with Crippen LogP contribution in [0.15, 0.2) is 52.3 Å². The number of piperazine rings is 1. The zero-order chi connectivity index (χ0) is 22.8. The van der Waals surface area contributed by atoms with Gasteiger partial charge in [-0.15, -0.1) is 0 Å². The quantitative estimate of drug-likeness (QED) is 0.424. The normalized spacial score (nSPS) is 17.8. The summed E-state index contributed by atoms with van der Waals surface area (Å²) in [6.45, 7) is 4.38. The Morgan fingerprint density at radius 2 is 1.85 bits per heavy atom. The highest BCUT2D eigenvalue weighted by Crippen LogP contribution is 2.32. The molecule has 33 heavy (non-hydrogen) atoms. The molecular weight excluding hydrogens is 438 g/mol. The van der Waals surface area contributed by atoms with E-state index in [2.05, 4.69) is 20.2 Å². The van der Waals surface area contributed by atoms with Crippen LogP contribution in [0.25, 0.3) is 11.0 Å². The molecule has 2 fully saturated rings. The van der Waals surface area contributed by atoms with Gasteiger partial charge in [0.05, 0.1) is 6.04 Å². The molecule has 1 N–H and O–H groups in total. The Balaban J connectivity index is 1.28. The summed E-state index contributed by atoms with van der Waals surface area (Å²) in [7, 11) is 0. The maximum atomic E-state index is 13.5. The molecule has 3 heterocycles. The molecule has 1 aromatic carbocycles. The van der Waals surface area contributed by atoms with E-state index in [1.807, 2.05) is 36.1 Å². The average Bonchev–Trinajstić information content (AvgIpc) is 3.60. The monoisotopic (exact) mass is 465 g/mol. The van der Waals surface area contributed by atoms with E-state index in [-0.39, 0.29) is 17.9 Å². The van der Waals surface area contributed by atoms with Crippen LogP contribution in [-0.2, 0) is 10.5 Å². The molecular formula is C24H27N5O3S. The first-order valence-electron chi connectivity index (χ1n) is 11.3. The van der Waals surface area contributed by atoms with E-state index in [0.29, 0.717) is 54.5 Å². The second-order valence-corrected chi connectivity index (χ2v) is 9.46. The summed E-state index contributed by atoms with van der Waals surface area (Å²) in [6.07, 6.45) is 5.57. The van der Waals surface area contributed by atoms with Gasteiger partial charge in [0, 0.05) is 61.3 Å². The molecule has 1 atom stereocenters. The summed E-state index contributed by atoms with van der Waals surface area (Å²) in [5, 5.41) is 4.67. The lowest BCUT2D eigenvalue weighted by atomic mass is 10.1. The van der Waals surface area contributed by atoms with Crippen LogP contribution in [0.5, 0.6) is 0 Å². The summed E-state index contributed by atoms with van der Waals surface area (Å²) in [5.74, 6) is 0.899. The minimum absolute atomic E-state index is 0.0806. The third-order valence-electron chi connectivity index (χ3n) is 6.23. The highest BCUT2D eigenvalue weighted by Gasteiger charge is 2.32. The van der Waals surface area contributed by atoms with E-state index in [1.165, 1.54) is 11.8 Å². The van der Waals surface area contributed by atoms with E-state index in [0.717, 1.165) is 23.8 Å². The molecule has 2 aromatic heterocycles. The van der Waals surface area contributed by atoms with Crippen molar-refractivity contribution >= 4 is 34.5 Å². The molecule has 1 saturated carbocycles. The molecule has 1 aliphatic carbocycles. The Hall–Kier alpha value is -2.91. The van der Waals surface area contributed by atoms with Crippen molar-refractivity contribution in [1.29, 1.82) is 0 Å². The van der Waals surface area contributed by atoms with E-state index in [9.17, 15) is 9.59 Å². The minimum Gasteiger partial charge on any atom is -0.451 e. The molecule has 0 spiro atoms. The molecule has 9 heteroatoms. The van der Waals surface area contributed by atoms with Crippen LogP contribution in [0.2, 0.25) is 0 Å². The van der Waals surface area contributed by atoms with Crippen LogP contribution in [0, 0.1) is 0 Å². The molecule has 1 saturated heterocycles. The van der Waals surface area contributed by atoms with Crippen molar-refractivity contribution in [2.75, 3.05) is 26.2 Å². The summed E-state index contributed by atoms with van der Waals surface area (Å²) in [5.41, 5.74) is 1.57. The number of para-hydroxylation sites is 1. The molecule has 8 nitrogen and oxygen atoms in total. The summed E-state index contributed by atoms with van der Waals surface area (Å²) in [4.78, 5) is 38.4. The van der Waals surface area contributed by atoms with Gasteiger partial charge in [0.1, 0.15) is 5.58 Å². The van der Waals surface area contributed by atoms with Crippen LogP contribution >= 0.6 is 11.8 Å². The fourth-order valence-electron chi connectivity index (χ4n) is 4.08. The van der Waals surface area contributed by atoms with Crippen LogP contribution in [0.1, 0.15) is 35.9 Å². The number of aromatic nitrogens is 2. The van der Waals surface area contributed by atoms with Gasteiger partial charge in [0.15, 0.2) is 10.9 Å². The lowest BCUT2D eigenvalue weighted by molar-refractivity contribution is -0.126. The van der Waals surface area contributed by atoms with Crippen molar-refractivity contribution in [3.05, 3.63) is 54.0 Å². The van der Waals surface area contributed by atoms with Crippen LogP contribution in [0.4, 0.5) is 0 Å². The molecule has 3 aromatic rings. The standard InChI is InChI=1S/C24H27N5O3S/c1-16(22(30)27-17-7-8-17)28-11-13-29(14-12-28)23(31)21-19(15-33-24-25-9-4-10-26-24)18-5-2-3-6-20(18)32-21/h2-6,9-10,16-17H,7-8,11-15H2,1H3,(H,27,30). The van der Waals surface area contributed by atoms with Gasteiger partial charge in [0.25, 0.3) is 5.91 Å². The number of fused-ring (bicyclic) bond motifs is 1. The number of benzene rings is 1. The Labute approximate surface area is 196 Å². The number of furan rings is 1. The van der Waals surface area contributed by atoms with Crippen molar-refractivity contribution in [2.45, 2.75) is 42.8 Å². The third kappa shape index (κ3) is 4.89. The number of carbonyl (C=O) groups excluding carboxylic acids is 2. The van der Waals surface area contributed by atoms with E-state index >= 15 is 0 Å². The average molecular weight is 466 g/mol. The van der Waals surface area contributed by atoms with Crippen molar-refractivity contribution < 1.29 is 14.0 Å². The van der Waals surface area contributed by atoms with E-state index in [1.54, 1.807) is 18.5 Å². The number of thioether (sulfide) groups is 1. The fourth-order valence-corrected chi connectivity index (χ4v) is 4.91. The highest BCUT2D eigenvalue weighted by atomic mass is 32.2. The number of carbonyl (C=O) groups is 2. The maximum Gasteiger partial charge on any atom is 0.290 e. The van der Waals surface area contributed by atoms with E-state index < -0.39 is 0 Å². The van der Waals surface area contributed by atoms with Gasteiger partial charge in [-0.05, 0) is 31.9 Å². The topological polar surface area (TPSA) is 91.6 Å². The van der Waals surface area contributed by atoms with Crippen LogP contribution in [-0.4, -0.2) is 69.8 Å². The molecule has 1 unspecified atom stereocenters. The number of hydrogen-bond acceptors (Lipinski definition) is 7. The summed E-state index contributed by atoms with van der Waals surface area (Å²) >= 11 is 1.48. The van der Waals surface area contributed by atoms with E-state index in [4.69, 9.17) is 4.42 Å². The number of nitrogens with zero attached hydrogens (tertiary/aromatic N) is 4. The Morgan fingerprint density at radius 3 is 2.58 bits per heavy atom. The van der Waals surface area contributed by atoms with Crippen molar-refractivity contribution in [2.24, 2.45) is 0 Å². The number of hydrogen-bond donors (Lipinski definition) is 1. The van der Waals surface area contributed by atoms with Crippen molar-refractivity contribution in [1.82, 2.24) is 25.1 Å². The number of nitrogens with one attached hydrogen (secondary N) is 1. The first-order chi connectivity index (χ1) is 16.1. The smallest absolute Gasteiger partial charge is 0.290 e. The predicted molar refractivity (Wildman–Crippen MR) is 126 cm³/mol. The Kier molecular flexibility index (Phi) is 6.32. The molecule has 0 radical (unpaired) electrons.